The zero-order valence-corrected chi connectivity index (χ0v) is 16.5. The standard InChI is InChI=1S/C24H15F3N4O/c25-24(26,27)21-20-19(17-12-6-8-14-7-4-5-11-16(14)17)18(13-28)22(29)32-23(20)31(30-21)15-9-2-1-3-10-15/h1-12,19H,29H2/t19-/m1/s1. The predicted molar refractivity (Wildman–Crippen MR) is 112 cm³/mol. The number of nitrogens with two attached hydrogens (primary N) is 1. The molecule has 2 heterocycles. The van der Waals surface area contributed by atoms with Crippen LogP contribution in [0, 0.1) is 11.3 Å². The first-order valence-corrected chi connectivity index (χ1v) is 9.71. The van der Waals surface area contributed by atoms with Crippen LogP contribution >= 0.6 is 0 Å². The number of fused-ring (bicyclic) bond motifs is 2. The van der Waals surface area contributed by atoms with Gasteiger partial charge in [-0.25, -0.2) is 0 Å². The van der Waals surface area contributed by atoms with E-state index in [2.05, 4.69) is 5.10 Å². The molecule has 0 radical (unpaired) electrons. The number of alkyl halides is 3. The van der Waals surface area contributed by atoms with Crippen molar-refractivity contribution in [2.24, 2.45) is 5.73 Å². The number of rotatable bonds is 2. The third kappa shape index (κ3) is 2.98. The van der Waals surface area contributed by atoms with Crippen molar-refractivity contribution in [2.45, 2.75) is 12.1 Å². The molecule has 158 valence electrons. The maximum atomic E-state index is 14.2. The molecule has 0 spiro atoms. The van der Waals surface area contributed by atoms with Crippen LogP contribution in [0.1, 0.15) is 22.7 Å². The Morgan fingerprint density at radius 1 is 0.969 bits per heavy atom. The van der Waals surface area contributed by atoms with Crippen molar-refractivity contribution >= 4 is 10.8 Å². The Hall–Kier alpha value is -4.25. The SMILES string of the molecule is N#CC1=C(N)Oc2c(c(C(F)(F)F)nn2-c2ccccc2)[C@@H]1c1cccc2ccccc12. The molecule has 1 atom stereocenters. The minimum atomic E-state index is -4.77. The number of hydrogen-bond acceptors (Lipinski definition) is 4. The maximum Gasteiger partial charge on any atom is 0.435 e. The molecule has 32 heavy (non-hydrogen) atoms. The van der Waals surface area contributed by atoms with Gasteiger partial charge >= 0.3 is 6.18 Å². The van der Waals surface area contributed by atoms with Crippen molar-refractivity contribution in [1.29, 1.82) is 5.26 Å². The van der Waals surface area contributed by atoms with Crippen LogP contribution in [0.3, 0.4) is 0 Å². The lowest BCUT2D eigenvalue weighted by molar-refractivity contribution is -0.142. The number of nitrogens with zero attached hydrogens (tertiary/aromatic N) is 3. The summed E-state index contributed by atoms with van der Waals surface area (Å²) < 4.78 is 49.2. The van der Waals surface area contributed by atoms with Crippen LogP contribution in [0.15, 0.2) is 84.3 Å². The average molecular weight is 432 g/mol. The van der Waals surface area contributed by atoms with Crippen LogP contribution in [-0.4, -0.2) is 9.78 Å². The van der Waals surface area contributed by atoms with Crippen molar-refractivity contribution in [2.75, 3.05) is 0 Å². The fourth-order valence-electron chi connectivity index (χ4n) is 4.11. The summed E-state index contributed by atoms with van der Waals surface area (Å²) in [5.74, 6) is -1.49. The van der Waals surface area contributed by atoms with E-state index in [-0.39, 0.29) is 22.9 Å². The third-order valence-electron chi connectivity index (χ3n) is 5.45. The number of benzene rings is 3. The fourth-order valence-corrected chi connectivity index (χ4v) is 4.11. The maximum absolute atomic E-state index is 14.2. The zero-order valence-electron chi connectivity index (χ0n) is 16.5. The Bertz CT molecular complexity index is 1410. The van der Waals surface area contributed by atoms with Crippen LogP contribution < -0.4 is 10.5 Å². The molecule has 5 rings (SSSR count). The Balaban J connectivity index is 1.87. The highest BCUT2D eigenvalue weighted by atomic mass is 19.4. The molecule has 0 saturated heterocycles. The number of halogens is 3. The Kier molecular flexibility index (Phi) is 4.41. The second-order valence-electron chi connectivity index (χ2n) is 7.31. The van der Waals surface area contributed by atoms with Crippen molar-refractivity contribution in [3.63, 3.8) is 0 Å². The summed E-state index contributed by atoms with van der Waals surface area (Å²) in [5, 5.41) is 15.2. The second kappa shape index (κ2) is 7.17. The summed E-state index contributed by atoms with van der Waals surface area (Å²) in [7, 11) is 0. The normalized spacial score (nSPS) is 15.9. The minimum absolute atomic E-state index is 0.0908. The molecular formula is C24H15F3N4O. The first-order valence-electron chi connectivity index (χ1n) is 9.71. The van der Waals surface area contributed by atoms with Gasteiger partial charge in [-0.3, -0.25) is 0 Å². The number of para-hydroxylation sites is 1. The molecular weight excluding hydrogens is 417 g/mol. The van der Waals surface area contributed by atoms with E-state index >= 15 is 0 Å². The molecule has 1 aliphatic heterocycles. The molecule has 4 aromatic rings. The smallest absolute Gasteiger partial charge is 0.422 e. The van der Waals surface area contributed by atoms with Gasteiger partial charge in [0, 0.05) is 0 Å². The van der Waals surface area contributed by atoms with Crippen LogP contribution in [0.25, 0.3) is 16.5 Å². The largest absolute Gasteiger partial charge is 0.435 e. The first kappa shape index (κ1) is 19.7. The van der Waals surface area contributed by atoms with Crippen molar-refractivity contribution in [3.05, 3.63) is 101 Å². The molecule has 1 aliphatic rings. The van der Waals surface area contributed by atoms with Crippen molar-refractivity contribution < 1.29 is 17.9 Å². The molecule has 2 N–H and O–H groups in total. The summed E-state index contributed by atoms with van der Waals surface area (Å²) in [6.07, 6.45) is -4.77. The second-order valence-corrected chi connectivity index (χ2v) is 7.31. The van der Waals surface area contributed by atoms with Gasteiger partial charge in [0.1, 0.15) is 11.6 Å². The lowest BCUT2D eigenvalue weighted by Crippen LogP contribution is -2.23. The summed E-state index contributed by atoms with van der Waals surface area (Å²) in [5.41, 5.74) is 5.51. The number of nitriles is 1. The molecule has 0 unspecified atom stereocenters. The number of hydrogen-bond donors (Lipinski definition) is 1. The van der Waals surface area contributed by atoms with Gasteiger partial charge in [-0.1, -0.05) is 60.7 Å². The summed E-state index contributed by atoms with van der Waals surface area (Å²) in [6.45, 7) is 0. The van der Waals surface area contributed by atoms with E-state index in [4.69, 9.17) is 10.5 Å². The van der Waals surface area contributed by atoms with Crippen LogP contribution in [0.5, 0.6) is 5.88 Å². The van der Waals surface area contributed by atoms with Crippen molar-refractivity contribution in [1.82, 2.24) is 9.78 Å². The molecule has 0 bridgehead atoms. The van der Waals surface area contributed by atoms with E-state index in [1.807, 2.05) is 24.3 Å². The van der Waals surface area contributed by atoms with E-state index in [9.17, 15) is 18.4 Å². The average Bonchev–Trinajstić information content (AvgIpc) is 3.18. The van der Waals surface area contributed by atoms with Gasteiger partial charge in [0.05, 0.1) is 17.2 Å². The van der Waals surface area contributed by atoms with Crippen LogP contribution in [0.4, 0.5) is 13.2 Å². The van der Waals surface area contributed by atoms with E-state index in [0.717, 1.165) is 10.1 Å². The predicted octanol–water partition coefficient (Wildman–Crippen LogP) is 5.26. The zero-order chi connectivity index (χ0) is 22.5. The lowest BCUT2D eigenvalue weighted by Gasteiger charge is -2.26. The summed E-state index contributed by atoms with van der Waals surface area (Å²) in [4.78, 5) is 0. The van der Waals surface area contributed by atoms with E-state index in [1.54, 1.807) is 54.6 Å². The quantitative estimate of drug-likeness (QED) is 0.469. The Labute approximate surface area is 180 Å². The first-order chi connectivity index (χ1) is 15.4. The highest BCUT2D eigenvalue weighted by molar-refractivity contribution is 5.87. The summed E-state index contributed by atoms with van der Waals surface area (Å²) >= 11 is 0. The summed E-state index contributed by atoms with van der Waals surface area (Å²) in [6, 6.07) is 22.9. The van der Waals surface area contributed by atoms with E-state index < -0.39 is 17.8 Å². The fraction of sp³-hybridized carbons (Fsp3) is 0.0833. The monoisotopic (exact) mass is 432 g/mol. The van der Waals surface area contributed by atoms with Gasteiger partial charge < -0.3 is 10.5 Å². The van der Waals surface area contributed by atoms with Gasteiger partial charge in [0.25, 0.3) is 0 Å². The van der Waals surface area contributed by atoms with Gasteiger partial charge in [0.15, 0.2) is 5.69 Å². The Morgan fingerprint density at radius 3 is 2.38 bits per heavy atom. The molecule has 3 aromatic carbocycles. The molecule has 0 saturated carbocycles. The lowest BCUT2D eigenvalue weighted by atomic mass is 9.81. The van der Waals surface area contributed by atoms with Gasteiger partial charge in [0.2, 0.25) is 11.8 Å². The van der Waals surface area contributed by atoms with E-state index in [1.165, 1.54) is 0 Å². The van der Waals surface area contributed by atoms with Gasteiger partial charge in [-0.15, -0.1) is 0 Å². The molecule has 1 aromatic heterocycles. The highest BCUT2D eigenvalue weighted by Gasteiger charge is 2.46. The van der Waals surface area contributed by atoms with Gasteiger partial charge in [-0.2, -0.15) is 28.2 Å². The number of allylic oxidation sites excluding steroid dienone is 1. The van der Waals surface area contributed by atoms with Crippen molar-refractivity contribution in [3.8, 4) is 17.6 Å². The molecule has 0 aliphatic carbocycles. The highest BCUT2D eigenvalue weighted by Crippen LogP contribution is 2.49. The van der Waals surface area contributed by atoms with Gasteiger partial charge in [-0.05, 0) is 28.5 Å². The van der Waals surface area contributed by atoms with Crippen LogP contribution in [-0.2, 0) is 6.18 Å². The molecule has 5 nitrogen and oxygen atoms in total. The van der Waals surface area contributed by atoms with Crippen LogP contribution in [0.2, 0.25) is 0 Å². The number of aromatic nitrogens is 2. The minimum Gasteiger partial charge on any atom is -0.422 e. The Morgan fingerprint density at radius 2 is 1.66 bits per heavy atom. The topological polar surface area (TPSA) is 76.9 Å². The number of ether oxygens (including phenoxy) is 1. The molecule has 0 fully saturated rings. The third-order valence-corrected chi connectivity index (χ3v) is 5.45. The molecule has 8 heteroatoms. The van der Waals surface area contributed by atoms with E-state index in [0.29, 0.717) is 16.6 Å². The molecule has 0 amide bonds.